The van der Waals surface area contributed by atoms with Crippen LogP contribution in [0.25, 0.3) is 0 Å². The van der Waals surface area contributed by atoms with Crippen molar-refractivity contribution in [3.63, 3.8) is 0 Å². The molecule has 1 aromatic carbocycles. The highest BCUT2D eigenvalue weighted by Crippen LogP contribution is 2.29. The van der Waals surface area contributed by atoms with E-state index in [0.717, 1.165) is 12.8 Å². The van der Waals surface area contributed by atoms with Crippen LogP contribution in [0.2, 0.25) is 0 Å². The summed E-state index contributed by atoms with van der Waals surface area (Å²) in [7, 11) is 3.16. The molecule has 3 rings (SSSR count). The fourth-order valence-electron chi connectivity index (χ4n) is 3.10. The van der Waals surface area contributed by atoms with E-state index in [2.05, 4.69) is 17.6 Å². The third kappa shape index (κ3) is 3.67. The van der Waals surface area contributed by atoms with Crippen LogP contribution in [0, 0.1) is 0 Å². The number of pyridine rings is 1. The van der Waals surface area contributed by atoms with Gasteiger partial charge in [0.2, 0.25) is 6.54 Å². The minimum Gasteiger partial charge on any atom is -0.493 e. The molecule has 1 aromatic heterocycles. The van der Waals surface area contributed by atoms with Crippen molar-refractivity contribution in [3.05, 3.63) is 47.8 Å². The highest BCUT2D eigenvalue weighted by atomic mass is 16.5. The molecule has 1 aliphatic rings. The van der Waals surface area contributed by atoms with Crippen molar-refractivity contribution >= 4 is 11.6 Å². The van der Waals surface area contributed by atoms with Crippen LogP contribution in [0.1, 0.15) is 24.0 Å². The maximum Gasteiger partial charge on any atom is 0.290 e. The summed E-state index contributed by atoms with van der Waals surface area (Å²) >= 11 is 0. The zero-order valence-corrected chi connectivity index (χ0v) is 14.2. The van der Waals surface area contributed by atoms with Crippen LogP contribution in [0.3, 0.4) is 0 Å². The normalized spacial score (nSPS) is 13.1. The van der Waals surface area contributed by atoms with Crippen LogP contribution in [0.4, 0.5) is 5.69 Å². The van der Waals surface area contributed by atoms with Crippen molar-refractivity contribution in [1.82, 2.24) is 0 Å². The third-order valence-electron chi connectivity index (χ3n) is 4.34. The Kier molecular flexibility index (Phi) is 4.99. The van der Waals surface area contributed by atoms with E-state index in [4.69, 9.17) is 9.47 Å². The highest BCUT2D eigenvalue weighted by molar-refractivity contribution is 5.90. The second-order valence-corrected chi connectivity index (χ2v) is 5.99. The van der Waals surface area contributed by atoms with Gasteiger partial charge in [-0.05, 0) is 43.4 Å². The maximum absolute atomic E-state index is 12.3. The molecule has 1 amide bonds. The zero-order valence-electron chi connectivity index (χ0n) is 14.2. The predicted molar refractivity (Wildman–Crippen MR) is 91.5 cm³/mol. The fraction of sp³-hybridized carbons (Fsp3) is 0.368. The molecule has 1 N–H and O–H groups in total. The van der Waals surface area contributed by atoms with E-state index in [1.807, 2.05) is 10.8 Å². The quantitative estimate of drug-likeness (QED) is 0.859. The maximum atomic E-state index is 12.3. The second-order valence-electron chi connectivity index (χ2n) is 5.99. The molecular formula is C19H23N2O3+. The summed E-state index contributed by atoms with van der Waals surface area (Å²) in [6, 6.07) is 7.48. The number of aryl methyl sites for hydroxylation is 2. The average Bonchev–Trinajstić information content (AvgIpc) is 2.61. The number of nitrogens with zero attached hydrogens (tertiary/aromatic N) is 1. The number of rotatable bonds is 5. The first-order valence-corrected chi connectivity index (χ1v) is 8.22. The van der Waals surface area contributed by atoms with Gasteiger partial charge in [0, 0.05) is 23.4 Å². The topological polar surface area (TPSA) is 51.4 Å². The van der Waals surface area contributed by atoms with Gasteiger partial charge in [0.05, 0.1) is 14.2 Å². The number of nitrogens with one attached hydrogen (secondary N) is 1. The molecule has 0 bridgehead atoms. The van der Waals surface area contributed by atoms with Gasteiger partial charge in [-0.2, -0.15) is 4.57 Å². The summed E-state index contributed by atoms with van der Waals surface area (Å²) in [5, 5.41) is 2.90. The van der Waals surface area contributed by atoms with Crippen molar-refractivity contribution in [2.75, 3.05) is 19.5 Å². The molecule has 0 radical (unpaired) electrons. The van der Waals surface area contributed by atoms with Gasteiger partial charge in [-0.1, -0.05) is 0 Å². The molecule has 1 heterocycles. The molecule has 126 valence electrons. The lowest BCUT2D eigenvalue weighted by atomic mass is 9.93. The first-order valence-electron chi connectivity index (χ1n) is 8.22. The van der Waals surface area contributed by atoms with E-state index < -0.39 is 0 Å². The molecule has 0 aliphatic heterocycles. The molecule has 0 fully saturated rings. The zero-order chi connectivity index (χ0) is 16.9. The number of benzene rings is 1. The Morgan fingerprint density at radius 3 is 2.58 bits per heavy atom. The molecular weight excluding hydrogens is 304 g/mol. The van der Waals surface area contributed by atoms with Gasteiger partial charge in [0.1, 0.15) is 0 Å². The molecule has 24 heavy (non-hydrogen) atoms. The minimum absolute atomic E-state index is 0.0667. The van der Waals surface area contributed by atoms with Gasteiger partial charge >= 0.3 is 0 Å². The van der Waals surface area contributed by atoms with Crippen molar-refractivity contribution in [3.8, 4) is 11.5 Å². The molecule has 0 spiro atoms. The number of ether oxygens (including phenoxy) is 2. The van der Waals surface area contributed by atoms with E-state index in [9.17, 15) is 4.79 Å². The minimum atomic E-state index is -0.0667. The summed E-state index contributed by atoms with van der Waals surface area (Å²) in [6.07, 6.45) is 8.83. The number of methoxy groups -OCH3 is 2. The number of hydrogen-bond acceptors (Lipinski definition) is 3. The fourth-order valence-corrected chi connectivity index (χ4v) is 3.10. The van der Waals surface area contributed by atoms with Crippen molar-refractivity contribution in [2.24, 2.45) is 0 Å². The average molecular weight is 327 g/mol. The number of fused-ring (bicyclic) bond motifs is 1. The Bertz CT molecular complexity index is 700. The standard InChI is InChI=1S/C19H22N2O3/c1-23-17-8-7-16(11-18(17)24-2)20-19(22)13-21-10-9-14-5-3-4-6-15(14)12-21/h7-12H,3-6,13H2,1-2H3/p+1. The molecule has 0 unspecified atom stereocenters. The van der Waals surface area contributed by atoms with Crippen LogP contribution >= 0.6 is 0 Å². The highest BCUT2D eigenvalue weighted by Gasteiger charge is 2.16. The van der Waals surface area contributed by atoms with Crippen LogP contribution in [-0.4, -0.2) is 20.1 Å². The van der Waals surface area contributed by atoms with Crippen LogP contribution in [0.15, 0.2) is 36.7 Å². The molecule has 5 heteroatoms. The van der Waals surface area contributed by atoms with Crippen molar-refractivity contribution in [2.45, 2.75) is 32.2 Å². The largest absolute Gasteiger partial charge is 0.493 e. The molecule has 1 aliphatic carbocycles. The van der Waals surface area contributed by atoms with Crippen LogP contribution < -0.4 is 19.4 Å². The summed E-state index contributed by atoms with van der Waals surface area (Å²) in [6.45, 7) is 0.293. The first kappa shape index (κ1) is 16.3. The lowest BCUT2D eigenvalue weighted by Crippen LogP contribution is -2.40. The Hall–Kier alpha value is -2.56. The molecule has 2 aromatic rings. The number of aromatic nitrogens is 1. The number of amides is 1. The van der Waals surface area contributed by atoms with E-state index in [1.165, 1.54) is 24.0 Å². The molecule has 0 atom stereocenters. The second kappa shape index (κ2) is 7.34. The van der Waals surface area contributed by atoms with Crippen LogP contribution in [-0.2, 0) is 24.2 Å². The lowest BCUT2D eigenvalue weighted by Gasteiger charge is -2.13. The summed E-state index contributed by atoms with van der Waals surface area (Å²) < 4.78 is 12.4. The Labute approximate surface area is 142 Å². The van der Waals surface area contributed by atoms with Gasteiger partial charge in [-0.3, -0.25) is 4.79 Å². The van der Waals surface area contributed by atoms with Gasteiger partial charge < -0.3 is 14.8 Å². The van der Waals surface area contributed by atoms with Gasteiger partial charge in [-0.25, -0.2) is 0 Å². The Balaban J connectivity index is 1.67. The van der Waals surface area contributed by atoms with E-state index in [-0.39, 0.29) is 5.91 Å². The number of anilines is 1. The van der Waals surface area contributed by atoms with Gasteiger partial charge in [0.15, 0.2) is 23.9 Å². The van der Waals surface area contributed by atoms with E-state index in [1.54, 1.807) is 32.4 Å². The van der Waals surface area contributed by atoms with Crippen molar-refractivity contribution < 1.29 is 18.8 Å². The monoisotopic (exact) mass is 327 g/mol. The molecule has 0 saturated heterocycles. The summed E-state index contributed by atoms with van der Waals surface area (Å²) in [5.41, 5.74) is 3.47. The molecule has 0 saturated carbocycles. The first-order chi connectivity index (χ1) is 11.7. The smallest absolute Gasteiger partial charge is 0.290 e. The number of carbonyl (C=O) groups is 1. The molecule has 5 nitrogen and oxygen atoms in total. The van der Waals surface area contributed by atoms with Crippen molar-refractivity contribution in [1.29, 1.82) is 0 Å². The number of carbonyl (C=O) groups excluding carboxylic acids is 1. The SMILES string of the molecule is COc1ccc(NC(=O)C[n+]2ccc3c(c2)CCCC3)cc1OC. The predicted octanol–water partition coefficient (Wildman–Crippen LogP) is 2.51. The van der Waals surface area contributed by atoms with Gasteiger partial charge in [0.25, 0.3) is 5.91 Å². The summed E-state index contributed by atoms with van der Waals surface area (Å²) in [5.74, 6) is 1.17. The Morgan fingerprint density at radius 2 is 1.83 bits per heavy atom. The Morgan fingerprint density at radius 1 is 1.08 bits per heavy atom. The van der Waals surface area contributed by atoms with Crippen LogP contribution in [0.5, 0.6) is 11.5 Å². The lowest BCUT2D eigenvalue weighted by molar-refractivity contribution is -0.684. The third-order valence-corrected chi connectivity index (χ3v) is 4.34. The summed E-state index contributed by atoms with van der Waals surface area (Å²) in [4.78, 5) is 12.3. The van der Waals surface area contributed by atoms with E-state index >= 15 is 0 Å². The van der Waals surface area contributed by atoms with E-state index in [0.29, 0.717) is 23.7 Å². The number of hydrogen-bond donors (Lipinski definition) is 1. The van der Waals surface area contributed by atoms with Gasteiger partial charge in [-0.15, -0.1) is 0 Å².